The zero-order chi connectivity index (χ0) is 18.3. The van der Waals surface area contributed by atoms with E-state index < -0.39 is 11.7 Å². The largest absolute Gasteiger partial charge is 0.452 e. The molecule has 0 aliphatic carbocycles. The second kappa shape index (κ2) is 5.99. The number of amides is 1. The van der Waals surface area contributed by atoms with E-state index in [0.29, 0.717) is 11.3 Å². The molecule has 0 spiro atoms. The molecule has 26 heavy (non-hydrogen) atoms. The molecule has 3 heterocycles. The van der Waals surface area contributed by atoms with Gasteiger partial charge in [0.25, 0.3) is 0 Å². The van der Waals surface area contributed by atoms with Crippen LogP contribution in [0.3, 0.4) is 0 Å². The molecular weight excluding hydrogens is 337 g/mol. The van der Waals surface area contributed by atoms with E-state index in [1.165, 1.54) is 12.1 Å². The molecular formula is C18H14FN5O2. The van der Waals surface area contributed by atoms with Crippen molar-refractivity contribution in [1.82, 2.24) is 19.4 Å². The van der Waals surface area contributed by atoms with Crippen molar-refractivity contribution >= 4 is 11.4 Å². The zero-order valence-electron chi connectivity index (χ0n) is 13.8. The molecule has 0 saturated carbocycles. The number of primary amides is 1. The number of rotatable bonds is 4. The highest BCUT2D eigenvalue weighted by Crippen LogP contribution is 2.32. The molecule has 0 aliphatic rings. The Morgan fingerprint density at radius 2 is 1.96 bits per heavy atom. The Kier molecular flexibility index (Phi) is 3.65. The SMILES string of the molecule is Cn1cc(-c2cc(Oc3ccc(C(N)=O)cc3F)c3ccnn3c2)cn1. The molecule has 0 radical (unpaired) electrons. The Labute approximate surface area is 147 Å². The van der Waals surface area contributed by atoms with Crippen LogP contribution < -0.4 is 10.5 Å². The summed E-state index contributed by atoms with van der Waals surface area (Å²) in [6.45, 7) is 0. The first-order valence-corrected chi connectivity index (χ1v) is 7.75. The van der Waals surface area contributed by atoms with Gasteiger partial charge in [-0.05, 0) is 30.3 Å². The van der Waals surface area contributed by atoms with Gasteiger partial charge in [0.2, 0.25) is 5.91 Å². The molecule has 0 bridgehead atoms. The van der Waals surface area contributed by atoms with E-state index in [4.69, 9.17) is 10.5 Å². The van der Waals surface area contributed by atoms with Crippen LogP contribution >= 0.6 is 0 Å². The molecule has 0 aliphatic heterocycles. The number of aryl methyl sites for hydroxylation is 1. The molecule has 130 valence electrons. The van der Waals surface area contributed by atoms with Crippen molar-refractivity contribution in [2.75, 3.05) is 0 Å². The summed E-state index contributed by atoms with van der Waals surface area (Å²) in [4.78, 5) is 11.2. The van der Waals surface area contributed by atoms with Crippen molar-refractivity contribution in [2.45, 2.75) is 0 Å². The van der Waals surface area contributed by atoms with Crippen LogP contribution in [0.4, 0.5) is 4.39 Å². The summed E-state index contributed by atoms with van der Waals surface area (Å²) < 4.78 is 23.4. The number of carbonyl (C=O) groups is 1. The first-order chi connectivity index (χ1) is 12.5. The lowest BCUT2D eigenvalue weighted by Crippen LogP contribution is -2.11. The van der Waals surface area contributed by atoms with E-state index in [9.17, 15) is 9.18 Å². The number of halogens is 1. The summed E-state index contributed by atoms with van der Waals surface area (Å²) in [6, 6.07) is 7.39. The average Bonchev–Trinajstić information content (AvgIpc) is 3.25. The highest BCUT2D eigenvalue weighted by Gasteiger charge is 2.13. The molecule has 8 heteroatoms. The topological polar surface area (TPSA) is 87.4 Å². The van der Waals surface area contributed by atoms with Gasteiger partial charge in [0.15, 0.2) is 17.3 Å². The number of nitrogens with zero attached hydrogens (tertiary/aromatic N) is 4. The molecule has 0 saturated heterocycles. The summed E-state index contributed by atoms with van der Waals surface area (Å²) in [6.07, 6.45) is 7.04. The van der Waals surface area contributed by atoms with Crippen LogP contribution in [-0.2, 0) is 7.05 Å². The maximum absolute atomic E-state index is 14.3. The van der Waals surface area contributed by atoms with Crippen LogP contribution in [0.15, 0.2) is 55.1 Å². The quantitative estimate of drug-likeness (QED) is 0.612. The third-order valence-corrected chi connectivity index (χ3v) is 3.95. The predicted molar refractivity (Wildman–Crippen MR) is 92.4 cm³/mol. The average molecular weight is 351 g/mol. The zero-order valence-corrected chi connectivity index (χ0v) is 13.8. The first-order valence-electron chi connectivity index (χ1n) is 7.75. The minimum atomic E-state index is -0.702. The van der Waals surface area contributed by atoms with E-state index >= 15 is 0 Å². The molecule has 2 N–H and O–H groups in total. The minimum Gasteiger partial charge on any atom is -0.452 e. The number of pyridine rings is 1. The van der Waals surface area contributed by atoms with Gasteiger partial charge in [-0.1, -0.05) is 0 Å². The summed E-state index contributed by atoms with van der Waals surface area (Å²) in [5.41, 5.74) is 7.61. The lowest BCUT2D eigenvalue weighted by Gasteiger charge is -2.11. The van der Waals surface area contributed by atoms with Crippen LogP contribution in [0.5, 0.6) is 11.5 Å². The summed E-state index contributed by atoms with van der Waals surface area (Å²) >= 11 is 0. The highest BCUT2D eigenvalue weighted by atomic mass is 19.1. The van der Waals surface area contributed by atoms with Crippen molar-refractivity contribution < 1.29 is 13.9 Å². The van der Waals surface area contributed by atoms with Crippen LogP contribution in [0.2, 0.25) is 0 Å². The molecule has 0 unspecified atom stereocenters. The highest BCUT2D eigenvalue weighted by molar-refractivity contribution is 5.92. The Morgan fingerprint density at radius 3 is 2.65 bits per heavy atom. The van der Waals surface area contributed by atoms with E-state index in [1.807, 2.05) is 19.4 Å². The van der Waals surface area contributed by atoms with Crippen molar-refractivity contribution in [3.8, 4) is 22.6 Å². The number of hydrogen-bond acceptors (Lipinski definition) is 4. The van der Waals surface area contributed by atoms with E-state index in [-0.39, 0.29) is 11.3 Å². The Bertz CT molecular complexity index is 1130. The standard InChI is InChI=1S/C18H14FN5O2/c1-23-9-13(8-22-23)12-7-17(15-4-5-21-24(15)10-12)26-16-3-2-11(18(20)25)6-14(16)19/h2-10H,1H3,(H2,20,25). The van der Waals surface area contributed by atoms with Gasteiger partial charge in [-0.25, -0.2) is 8.91 Å². The number of aromatic nitrogens is 4. The van der Waals surface area contributed by atoms with Crippen molar-refractivity contribution in [1.29, 1.82) is 0 Å². The maximum atomic E-state index is 14.3. The Hall–Kier alpha value is -3.68. The van der Waals surface area contributed by atoms with E-state index in [0.717, 1.165) is 17.2 Å². The van der Waals surface area contributed by atoms with Crippen LogP contribution in [0.1, 0.15) is 10.4 Å². The molecule has 7 nitrogen and oxygen atoms in total. The monoisotopic (exact) mass is 351 g/mol. The third kappa shape index (κ3) is 2.77. The third-order valence-electron chi connectivity index (χ3n) is 3.95. The number of fused-ring (bicyclic) bond motifs is 1. The number of nitrogens with two attached hydrogens (primary N) is 1. The van der Waals surface area contributed by atoms with Gasteiger partial charge in [-0.15, -0.1) is 0 Å². The Morgan fingerprint density at radius 1 is 1.12 bits per heavy atom. The Balaban J connectivity index is 1.78. The number of ether oxygens (including phenoxy) is 1. The van der Waals surface area contributed by atoms with Crippen LogP contribution in [0.25, 0.3) is 16.6 Å². The minimum absolute atomic E-state index is 0.0126. The van der Waals surface area contributed by atoms with Gasteiger partial charge in [0.05, 0.1) is 12.4 Å². The molecule has 1 aromatic carbocycles. The maximum Gasteiger partial charge on any atom is 0.248 e. The molecule has 0 fully saturated rings. The van der Waals surface area contributed by atoms with Crippen molar-refractivity contribution in [3.63, 3.8) is 0 Å². The summed E-state index contributed by atoms with van der Waals surface area (Å²) in [5.74, 6) is -0.964. The number of benzene rings is 1. The number of carbonyl (C=O) groups excluding carboxylic acids is 1. The molecule has 0 atom stereocenters. The fourth-order valence-corrected chi connectivity index (χ4v) is 2.66. The molecule has 1 amide bonds. The fourth-order valence-electron chi connectivity index (χ4n) is 2.66. The van der Waals surface area contributed by atoms with Crippen LogP contribution in [0, 0.1) is 5.82 Å². The molecule has 4 aromatic rings. The van der Waals surface area contributed by atoms with Crippen molar-refractivity contribution in [2.24, 2.45) is 12.8 Å². The second-order valence-corrected chi connectivity index (χ2v) is 5.77. The number of hydrogen-bond donors (Lipinski definition) is 1. The van der Waals surface area contributed by atoms with E-state index in [1.54, 1.807) is 33.7 Å². The molecule has 3 aromatic heterocycles. The fraction of sp³-hybridized carbons (Fsp3) is 0.0556. The lowest BCUT2D eigenvalue weighted by atomic mass is 10.1. The lowest BCUT2D eigenvalue weighted by molar-refractivity contribution is 0.1000. The van der Waals surface area contributed by atoms with Gasteiger partial charge in [0, 0.05) is 36.1 Å². The van der Waals surface area contributed by atoms with Crippen LogP contribution in [-0.4, -0.2) is 25.3 Å². The molecule has 4 rings (SSSR count). The van der Waals surface area contributed by atoms with Gasteiger partial charge in [0.1, 0.15) is 5.52 Å². The van der Waals surface area contributed by atoms with Gasteiger partial charge >= 0.3 is 0 Å². The second-order valence-electron chi connectivity index (χ2n) is 5.77. The summed E-state index contributed by atoms with van der Waals surface area (Å²) in [5, 5.41) is 8.39. The van der Waals surface area contributed by atoms with Gasteiger partial charge in [-0.2, -0.15) is 10.2 Å². The van der Waals surface area contributed by atoms with Crippen molar-refractivity contribution in [3.05, 3.63) is 66.5 Å². The first kappa shape index (κ1) is 15.8. The van der Waals surface area contributed by atoms with E-state index in [2.05, 4.69) is 10.2 Å². The summed E-state index contributed by atoms with van der Waals surface area (Å²) in [7, 11) is 1.82. The normalized spacial score (nSPS) is 11.0. The predicted octanol–water partition coefficient (Wildman–Crippen LogP) is 2.77. The van der Waals surface area contributed by atoms with Gasteiger partial charge < -0.3 is 10.5 Å². The van der Waals surface area contributed by atoms with Gasteiger partial charge in [-0.3, -0.25) is 9.48 Å². The smallest absolute Gasteiger partial charge is 0.248 e.